The average Bonchev–Trinajstić information content (AvgIpc) is 3.36. The Bertz CT molecular complexity index is 1800. The van der Waals surface area contributed by atoms with Gasteiger partial charge >= 0.3 is 0 Å². The van der Waals surface area contributed by atoms with Gasteiger partial charge in [0.1, 0.15) is 0 Å². The van der Waals surface area contributed by atoms with Crippen LogP contribution >= 0.6 is 11.3 Å². The first kappa shape index (κ1) is 21.7. The molecule has 7 rings (SSSR count). The molecule has 0 atom stereocenters. The molecule has 2 aromatic heterocycles. The van der Waals surface area contributed by atoms with Gasteiger partial charge in [-0.05, 0) is 23.3 Å². The molecular formula is C34H22N2S. The molecule has 0 fully saturated rings. The SMILES string of the molecule is c1ccc(-c2cc(-c3ccccc3)nc(-c3ccc4c(c3)sc3c(-c5ccccc5)cccc34)n2)cc1. The summed E-state index contributed by atoms with van der Waals surface area (Å²) in [6, 6.07) is 46.6. The number of hydrogen-bond acceptors (Lipinski definition) is 3. The quantitative estimate of drug-likeness (QED) is 0.245. The third-order valence-corrected chi connectivity index (χ3v) is 7.91. The molecule has 0 saturated carbocycles. The van der Waals surface area contributed by atoms with E-state index in [4.69, 9.17) is 9.97 Å². The summed E-state index contributed by atoms with van der Waals surface area (Å²) < 4.78 is 2.55. The largest absolute Gasteiger partial charge is 0.228 e. The van der Waals surface area contributed by atoms with Crippen molar-refractivity contribution in [1.29, 1.82) is 0 Å². The summed E-state index contributed by atoms with van der Waals surface area (Å²) in [5.74, 6) is 0.739. The van der Waals surface area contributed by atoms with Gasteiger partial charge in [0.15, 0.2) is 5.82 Å². The van der Waals surface area contributed by atoms with E-state index in [0.717, 1.165) is 33.9 Å². The van der Waals surface area contributed by atoms with Crippen LogP contribution in [-0.2, 0) is 0 Å². The summed E-state index contributed by atoms with van der Waals surface area (Å²) in [5, 5.41) is 2.56. The van der Waals surface area contributed by atoms with Crippen LogP contribution in [0.1, 0.15) is 0 Å². The monoisotopic (exact) mass is 490 g/mol. The van der Waals surface area contributed by atoms with Gasteiger partial charge in [-0.25, -0.2) is 9.97 Å². The van der Waals surface area contributed by atoms with E-state index in [1.54, 1.807) is 0 Å². The van der Waals surface area contributed by atoms with Crippen molar-refractivity contribution in [2.45, 2.75) is 0 Å². The summed E-state index contributed by atoms with van der Waals surface area (Å²) in [5.41, 5.74) is 7.55. The van der Waals surface area contributed by atoms with E-state index in [1.807, 2.05) is 47.7 Å². The minimum atomic E-state index is 0.739. The first-order valence-corrected chi connectivity index (χ1v) is 13.2. The number of aromatic nitrogens is 2. The first-order valence-electron chi connectivity index (χ1n) is 12.3. The Balaban J connectivity index is 1.41. The molecule has 0 unspecified atom stereocenters. The van der Waals surface area contributed by atoms with Gasteiger partial charge in [-0.3, -0.25) is 0 Å². The molecule has 0 aliphatic heterocycles. The maximum Gasteiger partial charge on any atom is 0.160 e. The number of benzene rings is 5. The van der Waals surface area contributed by atoms with Gasteiger partial charge in [-0.15, -0.1) is 11.3 Å². The van der Waals surface area contributed by atoms with Crippen molar-refractivity contribution in [3.8, 4) is 45.0 Å². The van der Waals surface area contributed by atoms with Crippen LogP contribution in [0.2, 0.25) is 0 Å². The van der Waals surface area contributed by atoms with E-state index in [0.29, 0.717) is 0 Å². The zero-order valence-corrected chi connectivity index (χ0v) is 20.8. The fraction of sp³-hybridized carbons (Fsp3) is 0. The number of rotatable bonds is 4. The van der Waals surface area contributed by atoms with Crippen LogP contribution in [0.4, 0.5) is 0 Å². The van der Waals surface area contributed by atoms with E-state index in [-0.39, 0.29) is 0 Å². The molecule has 0 aliphatic rings. The highest BCUT2D eigenvalue weighted by Gasteiger charge is 2.14. The molecule has 0 aliphatic carbocycles. The number of fused-ring (bicyclic) bond motifs is 3. The first-order chi connectivity index (χ1) is 18.3. The van der Waals surface area contributed by atoms with Crippen LogP contribution in [0.5, 0.6) is 0 Å². The molecule has 0 N–H and O–H groups in total. The Kier molecular flexibility index (Phi) is 5.34. The lowest BCUT2D eigenvalue weighted by molar-refractivity contribution is 1.18. The molecule has 0 radical (unpaired) electrons. The molecule has 0 saturated heterocycles. The van der Waals surface area contributed by atoms with Crippen LogP contribution in [0.15, 0.2) is 133 Å². The van der Waals surface area contributed by atoms with Gasteiger partial charge in [0.25, 0.3) is 0 Å². The molecule has 0 amide bonds. The summed E-state index contributed by atoms with van der Waals surface area (Å²) in [6.45, 7) is 0. The molecule has 174 valence electrons. The zero-order valence-electron chi connectivity index (χ0n) is 20.0. The van der Waals surface area contributed by atoms with Gasteiger partial charge in [0.05, 0.1) is 11.4 Å². The van der Waals surface area contributed by atoms with Gasteiger partial charge in [-0.2, -0.15) is 0 Å². The normalized spacial score (nSPS) is 11.2. The fourth-order valence-electron chi connectivity index (χ4n) is 4.87. The Hall–Kier alpha value is -4.60. The molecule has 37 heavy (non-hydrogen) atoms. The van der Waals surface area contributed by atoms with Gasteiger partial charge in [0.2, 0.25) is 0 Å². The van der Waals surface area contributed by atoms with Crippen LogP contribution in [0.25, 0.3) is 65.2 Å². The second-order valence-corrected chi connectivity index (χ2v) is 10.1. The number of nitrogens with zero attached hydrogens (tertiary/aromatic N) is 2. The van der Waals surface area contributed by atoms with Crippen molar-refractivity contribution < 1.29 is 0 Å². The van der Waals surface area contributed by atoms with E-state index in [9.17, 15) is 0 Å². The average molecular weight is 491 g/mol. The van der Waals surface area contributed by atoms with Crippen LogP contribution in [0.3, 0.4) is 0 Å². The van der Waals surface area contributed by atoms with E-state index in [1.165, 1.54) is 31.3 Å². The van der Waals surface area contributed by atoms with Crippen LogP contribution < -0.4 is 0 Å². The Labute approximate surface area is 219 Å². The lowest BCUT2D eigenvalue weighted by Crippen LogP contribution is -1.95. The zero-order chi connectivity index (χ0) is 24.6. The second kappa shape index (κ2) is 9.12. The minimum absolute atomic E-state index is 0.739. The van der Waals surface area contributed by atoms with E-state index < -0.39 is 0 Å². The fourth-order valence-corrected chi connectivity index (χ4v) is 6.15. The Morgan fingerprint density at radius 3 is 1.65 bits per heavy atom. The maximum absolute atomic E-state index is 5.02. The Morgan fingerprint density at radius 2 is 1.03 bits per heavy atom. The van der Waals surface area contributed by atoms with Gasteiger partial charge < -0.3 is 0 Å². The summed E-state index contributed by atoms with van der Waals surface area (Å²) in [4.78, 5) is 10.0. The third-order valence-electron chi connectivity index (χ3n) is 6.71. The van der Waals surface area contributed by atoms with Crippen molar-refractivity contribution in [3.63, 3.8) is 0 Å². The molecule has 0 spiro atoms. The number of thiophene rings is 1. The predicted molar refractivity (Wildman–Crippen MR) is 157 cm³/mol. The van der Waals surface area contributed by atoms with E-state index in [2.05, 4.69) is 97.1 Å². The number of hydrogen-bond donors (Lipinski definition) is 0. The molecular weight excluding hydrogens is 468 g/mol. The molecule has 0 bridgehead atoms. The predicted octanol–water partition coefficient (Wildman–Crippen LogP) is 9.51. The van der Waals surface area contributed by atoms with Crippen molar-refractivity contribution in [3.05, 3.63) is 133 Å². The van der Waals surface area contributed by atoms with Crippen molar-refractivity contribution >= 4 is 31.5 Å². The smallest absolute Gasteiger partial charge is 0.160 e. The summed E-state index contributed by atoms with van der Waals surface area (Å²) in [6.07, 6.45) is 0. The van der Waals surface area contributed by atoms with Gasteiger partial charge in [0, 0.05) is 36.9 Å². The highest BCUT2D eigenvalue weighted by molar-refractivity contribution is 7.26. The Morgan fingerprint density at radius 1 is 0.432 bits per heavy atom. The maximum atomic E-state index is 5.02. The highest BCUT2D eigenvalue weighted by Crippen LogP contribution is 2.41. The molecule has 5 aromatic carbocycles. The molecule has 3 heteroatoms. The summed E-state index contributed by atoms with van der Waals surface area (Å²) >= 11 is 1.84. The van der Waals surface area contributed by atoms with Gasteiger partial charge in [-0.1, -0.05) is 121 Å². The summed E-state index contributed by atoms with van der Waals surface area (Å²) in [7, 11) is 0. The lowest BCUT2D eigenvalue weighted by atomic mass is 10.0. The highest BCUT2D eigenvalue weighted by atomic mass is 32.1. The minimum Gasteiger partial charge on any atom is -0.228 e. The lowest BCUT2D eigenvalue weighted by Gasteiger charge is -2.09. The van der Waals surface area contributed by atoms with Crippen molar-refractivity contribution in [1.82, 2.24) is 9.97 Å². The van der Waals surface area contributed by atoms with E-state index >= 15 is 0 Å². The van der Waals surface area contributed by atoms with Crippen molar-refractivity contribution in [2.75, 3.05) is 0 Å². The molecule has 2 heterocycles. The van der Waals surface area contributed by atoms with Crippen LogP contribution in [-0.4, -0.2) is 9.97 Å². The second-order valence-electron chi connectivity index (χ2n) is 9.06. The third kappa shape index (κ3) is 4.00. The topological polar surface area (TPSA) is 25.8 Å². The molecule has 7 aromatic rings. The van der Waals surface area contributed by atoms with Crippen LogP contribution in [0, 0.1) is 0 Å². The molecule has 2 nitrogen and oxygen atoms in total. The standard InChI is InChI=1S/C34H22N2S/c1-4-11-23(12-5-1)27-17-10-18-29-28-20-19-26(21-32(28)37-33(27)29)34-35-30(24-13-6-2-7-14-24)22-31(36-34)25-15-8-3-9-16-25/h1-22H. The van der Waals surface area contributed by atoms with Crippen molar-refractivity contribution in [2.24, 2.45) is 0 Å².